The Bertz CT molecular complexity index is 1520. The molecule has 4 rings (SSSR count). The number of likely N-dealkylation sites (tertiary alicyclic amines) is 1. The van der Waals surface area contributed by atoms with Crippen LogP contribution < -0.4 is 10.9 Å². The van der Waals surface area contributed by atoms with E-state index in [9.17, 15) is 23.9 Å². The molecule has 2 unspecified atom stereocenters. The van der Waals surface area contributed by atoms with E-state index in [0.29, 0.717) is 38.0 Å². The van der Waals surface area contributed by atoms with Crippen molar-refractivity contribution in [1.82, 2.24) is 14.8 Å². The number of pyridine rings is 1. The minimum atomic E-state index is -1.19. The summed E-state index contributed by atoms with van der Waals surface area (Å²) in [7, 11) is 0. The van der Waals surface area contributed by atoms with Crippen molar-refractivity contribution < 1.29 is 23.5 Å². The number of aromatic nitrogens is 1. The molecule has 3 aromatic rings. The van der Waals surface area contributed by atoms with Crippen LogP contribution >= 0.6 is 0 Å². The molecule has 2 N–H and O–H groups in total. The molecule has 0 aliphatic carbocycles. The Morgan fingerprint density at radius 1 is 1.05 bits per heavy atom. The summed E-state index contributed by atoms with van der Waals surface area (Å²) in [5, 5.41) is 12.6. The van der Waals surface area contributed by atoms with Gasteiger partial charge in [0.1, 0.15) is 18.0 Å². The van der Waals surface area contributed by atoms with Gasteiger partial charge in [-0.2, -0.15) is 0 Å². The summed E-state index contributed by atoms with van der Waals surface area (Å²) < 4.78 is 30.3. The monoisotopic (exact) mass is 593 g/mol. The number of amides is 1. The number of benzene rings is 2. The molecule has 1 aliphatic heterocycles. The van der Waals surface area contributed by atoms with E-state index < -0.39 is 42.4 Å². The normalized spacial score (nSPS) is 15.3. The zero-order valence-electron chi connectivity index (χ0n) is 25.5. The Morgan fingerprint density at radius 3 is 2.33 bits per heavy atom. The summed E-state index contributed by atoms with van der Waals surface area (Å²) in [6.45, 7) is 10.8. The molecule has 9 heteroatoms. The summed E-state index contributed by atoms with van der Waals surface area (Å²) in [6, 6.07) is 10.2. The van der Waals surface area contributed by atoms with Crippen LogP contribution in [0.1, 0.15) is 66.6 Å². The van der Waals surface area contributed by atoms with Gasteiger partial charge in [-0.05, 0) is 85.0 Å². The highest BCUT2D eigenvalue weighted by Crippen LogP contribution is 2.33. The van der Waals surface area contributed by atoms with Crippen molar-refractivity contribution in [3.05, 3.63) is 92.6 Å². The first kappa shape index (κ1) is 32.1. The smallest absolute Gasteiger partial charge is 0.305 e. The minimum Gasteiger partial charge on any atom is -0.481 e. The molecule has 1 fully saturated rings. The summed E-state index contributed by atoms with van der Waals surface area (Å²) in [6.07, 6.45) is 1.21. The zero-order chi connectivity index (χ0) is 31.4. The maximum Gasteiger partial charge on any atom is 0.305 e. The molecule has 1 aromatic heterocycles. The van der Waals surface area contributed by atoms with Crippen LogP contribution in [0.5, 0.6) is 0 Å². The molecule has 1 amide bonds. The van der Waals surface area contributed by atoms with Crippen LogP contribution in [0.2, 0.25) is 0 Å². The van der Waals surface area contributed by atoms with Gasteiger partial charge in [-0.1, -0.05) is 38.1 Å². The number of nitrogens with zero attached hydrogens (tertiary/aromatic N) is 2. The standard InChI is InChI=1S/C34H41F2N3O4/c1-20(2)13-29(39-17-24(9-10-30(39)40)11-12-38-18-26(35)19-38)34(43)37-28(16-31(41)42)27-15-25(14-23(5)33(27)36)32-21(3)7-6-8-22(32)4/h6-10,14-15,17,20,26,28-29H,11-13,16,18-19H2,1-5H3,(H,37,43)(H,41,42). The molecule has 2 atom stereocenters. The van der Waals surface area contributed by atoms with Crippen LogP contribution in [0.3, 0.4) is 0 Å². The molecule has 0 spiro atoms. The molecule has 1 aliphatic rings. The number of halogens is 2. The molecule has 2 heterocycles. The number of alkyl halides is 1. The molecule has 230 valence electrons. The fourth-order valence-electron chi connectivity index (χ4n) is 5.86. The van der Waals surface area contributed by atoms with Crippen molar-refractivity contribution >= 4 is 11.9 Å². The second-order valence-corrected chi connectivity index (χ2v) is 12.2. The summed E-state index contributed by atoms with van der Waals surface area (Å²) in [4.78, 5) is 40.8. The number of hydrogen-bond donors (Lipinski definition) is 2. The van der Waals surface area contributed by atoms with Gasteiger partial charge >= 0.3 is 5.97 Å². The lowest BCUT2D eigenvalue weighted by atomic mass is 9.90. The van der Waals surface area contributed by atoms with Crippen LogP contribution in [0.25, 0.3) is 11.1 Å². The van der Waals surface area contributed by atoms with Crippen molar-refractivity contribution in [3.63, 3.8) is 0 Å². The number of nitrogens with one attached hydrogen (secondary N) is 1. The largest absolute Gasteiger partial charge is 0.481 e. The zero-order valence-corrected chi connectivity index (χ0v) is 25.5. The maximum absolute atomic E-state index is 15.7. The molecule has 0 radical (unpaired) electrons. The van der Waals surface area contributed by atoms with Gasteiger partial charge in [-0.3, -0.25) is 19.3 Å². The van der Waals surface area contributed by atoms with Gasteiger partial charge in [-0.25, -0.2) is 8.78 Å². The van der Waals surface area contributed by atoms with Gasteiger partial charge in [0, 0.05) is 37.5 Å². The third kappa shape index (κ3) is 7.76. The SMILES string of the molecule is Cc1cc(-c2c(C)cccc2C)cc(C(CC(=O)O)NC(=O)C(CC(C)C)n2cc(CCN3CC(F)C3)ccc2=O)c1F. The lowest BCUT2D eigenvalue weighted by Crippen LogP contribution is -2.49. The molecule has 0 saturated carbocycles. The first-order chi connectivity index (χ1) is 20.3. The topological polar surface area (TPSA) is 91.6 Å². The van der Waals surface area contributed by atoms with Gasteiger partial charge < -0.3 is 15.0 Å². The Hall–Kier alpha value is -3.85. The van der Waals surface area contributed by atoms with E-state index in [1.54, 1.807) is 31.3 Å². The van der Waals surface area contributed by atoms with Crippen molar-refractivity contribution in [2.75, 3.05) is 19.6 Å². The van der Waals surface area contributed by atoms with Gasteiger partial charge in [0.2, 0.25) is 5.91 Å². The first-order valence-electron chi connectivity index (χ1n) is 14.8. The van der Waals surface area contributed by atoms with Gasteiger partial charge in [-0.15, -0.1) is 0 Å². The van der Waals surface area contributed by atoms with Gasteiger partial charge in [0.15, 0.2) is 0 Å². The van der Waals surface area contributed by atoms with Crippen molar-refractivity contribution in [2.45, 2.75) is 72.1 Å². The quantitative estimate of drug-likeness (QED) is 0.281. The number of aryl methyl sites for hydroxylation is 3. The summed E-state index contributed by atoms with van der Waals surface area (Å²) >= 11 is 0. The highest BCUT2D eigenvalue weighted by Gasteiger charge is 2.30. The molecule has 1 saturated heterocycles. The van der Waals surface area contributed by atoms with Crippen LogP contribution in [-0.2, 0) is 16.0 Å². The number of rotatable bonds is 12. The van der Waals surface area contributed by atoms with Crippen molar-refractivity contribution in [2.24, 2.45) is 5.92 Å². The van der Waals surface area contributed by atoms with Crippen LogP contribution in [0, 0.1) is 32.5 Å². The van der Waals surface area contributed by atoms with Crippen LogP contribution in [-0.4, -0.2) is 52.3 Å². The van der Waals surface area contributed by atoms with Gasteiger partial charge in [0.25, 0.3) is 5.56 Å². The average molecular weight is 594 g/mol. The van der Waals surface area contributed by atoms with Crippen LogP contribution in [0.15, 0.2) is 53.5 Å². The fraction of sp³-hybridized carbons (Fsp3) is 0.441. The summed E-state index contributed by atoms with van der Waals surface area (Å²) in [5.74, 6) is -2.31. The second kappa shape index (κ2) is 13.6. The van der Waals surface area contributed by atoms with Crippen molar-refractivity contribution in [1.29, 1.82) is 0 Å². The van der Waals surface area contributed by atoms with E-state index in [-0.39, 0.29) is 17.0 Å². The molecule has 2 aromatic carbocycles. The number of hydrogen-bond acceptors (Lipinski definition) is 4. The highest BCUT2D eigenvalue weighted by molar-refractivity contribution is 5.82. The summed E-state index contributed by atoms with van der Waals surface area (Å²) in [5.41, 5.74) is 4.52. The fourth-order valence-corrected chi connectivity index (χ4v) is 5.86. The first-order valence-corrected chi connectivity index (χ1v) is 14.8. The maximum atomic E-state index is 15.7. The van der Waals surface area contributed by atoms with Crippen molar-refractivity contribution in [3.8, 4) is 11.1 Å². The Balaban J connectivity index is 1.68. The molecular weight excluding hydrogens is 552 g/mol. The molecule has 7 nitrogen and oxygen atoms in total. The molecule has 43 heavy (non-hydrogen) atoms. The van der Waals surface area contributed by atoms with E-state index in [4.69, 9.17) is 0 Å². The van der Waals surface area contributed by atoms with E-state index in [1.807, 2.05) is 50.8 Å². The lowest BCUT2D eigenvalue weighted by molar-refractivity contribution is -0.138. The number of carboxylic acids is 1. The van der Waals surface area contributed by atoms with Crippen LogP contribution in [0.4, 0.5) is 8.78 Å². The highest BCUT2D eigenvalue weighted by atomic mass is 19.1. The molecular formula is C34H41F2N3O4. The minimum absolute atomic E-state index is 0.0261. The Kier molecular flexibility index (Phi) is 10.2. The number of aliphatic carboxylic acids is 1. The Labute approximate surface area is 251 Å². The third-order valence-electron chi connectivity index (χ3n) is 8.08. The second-order valence-electron chi connectivity index (χ2n) is 12.2. The number of carbonyl (C=O) groups excluding carboxylic acids is 1. The average Bonchev–Trinajstić information content (AvgIpc) is 2.91. The Morgan fingerprint density at radius 2 is 1.72 bits per heavy atom. The van der Waals surface area contributed by atoms with Gasteiger partial charge in [0.05, 0.1) is 12.5 Å². The predicted molar refractivity (Wildman–Crippen MR) is 163 cm³/mol. The number of carboxylic acid groups (broad SMARTS) is 1. The predicted octanol–water partition coefficient (Wildman–Crippen LogP) is 5.70. The lowest BCUT2D eigenvalue weighted by Gasteiger charge is -2.34. The number of carbonyl (C=O) groups is 2. The van der Waals surface area contributed by atoms with E-state index in [2.05, 4.69) is 5.32 Å². The van der Waals surface area contributed by atoms with E-state index in [1.165, 1.54) is 10.6 Å². The van der Waals surface area contributed by atoms with E-state index >= 15 is 4.39 Å². The van der Waals surface area contributed by atoms with E-state index in [0.717, 1.165) is 27.8 Å². The molecule has 0 bridgehead atoms. The third-order valence-corrected chi connectivity index (χ3v) is 8.08.